The van der Waals surface area contributed by atoms with E-state index in [0.717, 1.165) is 11.3 Å². The van der Waals surface area contributed by atoms with Crippen molar-refractivity contribution in [1.29, 1.82) is 0 Å². The zero-order chi connectivity index (χ0) is 14.8. The molecule has 0 bridgehead atoms. The third-order valence-electron chi connectivity index (χ3n) is 3.72. The Labute approximate surface area is 129 Å². The molecule has 3 heteroatoms. The van der Waals surface area contributed by atoms with Crippen LogP contribution in [-0.2, 0) is 0 Å². The number of aromatic nitrogens is 1. The van der Waals surface area contributed by atoms with Gasteiger partial charge in [-0.3, -0.25) is 0 Å². The molecule has 0 radical (unpaired) electrons. The fraction of sp³-hybridized carbons (Fsp3) is 0.278. The van der Waals surface area contributed by atoms with E-state index in [9.17, 15) is 0 Å². The molecule has 1 aromatic carbocycles. The zero-order valence-corrected chi connectivity index (χ0v) is 13.4. The Morgan fingerprint density at radius 2 is 1.90 bits per heavy atom. The van der Waals surface area contributed by atoms with E-state index in [2.05, 4.69) is 67.9 Å². The van der Waals surface area contributed by atoms with Crippen LogP contribution in [0.25, 0.3) is 10.9 Å². The Hall–Kier alpha value is -1.87. The van der Waals surface area contributed by atoms with Gasteiger partial charge in [0.2, 0.25) is 0 Å². The van der Waals surface area contributed by atoms with Crippen molar-refractivity contribution in [1.82, 2.24) is 4.98 Å². The maximum Gasteiger partial charge on any atom is 0.130 e. The number of thiophene rings is 1. The fourth-order valence-corrected chi connectivity index (χ4v) is 3.50. The number of aryl methyl sites for hydroxylation is 1. The summed E-state index contributed by atoms with van der Waals surface area (Å²) in [5, 5.41) is 6.96. The summed E-state index contributed by atoms with van der Waals surface area (Å²) in [5.74, 6) is 1.50. The highest BCUT2D eigenvalue weighted by Gasteiger charge is 2.18. The summed E-state index contributed by atoms with van der Waals surface area (Å²) >= 11 is 1.80. The lowest BCUT2D eigenvalue weighted by molar-refractivity contribution is 0.552. The molecule has 1 N–H and O–H groups in total. The summed E-state index contributed by atoms with van der Waals surface area (Å²) in [6.45, 7) is 6.61. The van der Waals surface area contributed by atoms with E-state index in [4.69, 9.17) is 4.98 Å². The molecule has 1 unspecified atom stereocenters. The van der Waals surface area contributed by atoms with Crippen LogP contribution in [0.1, 0.15) is 30.3 Å². The van der Waals surface area contributed by atoms with Gasteiger partial charge < -0.3 is 5.32 Å². The molecule has 3 aromatic rings. The Balaban J connectivity index is 1.98. The van der Waals surface area contributed by atoms with Crippen LogP contribution in [0.3, 0.4) is 0 Å². The second-order valence-corrected chi connectivity index (χ2v) is 6.71. The van der Waals surface area contributed by atoms with Crippen molar-refractivity contribution >= 4 is 28.1 Å². The van der Waals surface area contributed by atoms with Gasteiger partial charge in [-0.1, -0.05) is 38.1 Å². The van der Waals surface area contributed by atoms with Crippen LogP contribution >= 0.6 is 11.3 Å². The number of nitrogens with zero attached hydrogens (tertiary/aromatic N) is 1. The van der Waals surface area contributed by atoms with Crippen LogP contribution in [-0.4, -0.2) is 4.98 Å². The zero-order valence-electron chi connectivity index (χ0n) is 12.6. The van der Waals surface area contributed by atoms with Crippen molar-refractivity contribution in [3.63, 3.8) is 0 Å². The first-order valence-corrected chi connectivity index (χ1v) is 8.19. The monoisotopic (exact) mass is 296 g/mol. The number of pyridine rings is 1. The molecule has 2 heterocycles. The Kier molecular flexibility index (Phi) is 3.93. The summed E-state index contributed by atoms with van der Waals surface area (Å²) < 4.78 is 0. The maximum absolute atomic E-state index is 4.80. The molecule has 0 saturated heterocycles. The van der Waals surface area contributed by atoms with E-state index >= 15 is 0 Å². The van der Waals surface area contributed by atoms with Crippen molar-refractivity contribution in [2.45, 2.75) is 26.8 Å². The Morgan fingerprint density at radius 1 is 1.10 bits per heavy atom. The minimum Gasteiger partial charge on any atom is -0.362 e. The molecule has 108 valence electrons. The number of fused-ring (bicyclic) bond motifs is 1. The third-order valence-corrected chi connectivity index (χ3v) is 4.68. The molecule has 0 aliphatic carbocycles. The van der Waals surface area contributed by atoms with Crippen molar-refractivity contribution in [2.75, 3.05) is 5.32 Å². The van der Waals surface area contributed by atoms with Crippen LogP contribution in [0.4, 0.5) is 5.82 Å². The van der Waals surface area contributed by atoms with Crippen LogP contribution in [0, 0.1) is 12.8 Å². The number of para-hydroxylation sites is 1. The average molecular weight is 296 g/mol. The topological polar surface area (TPSA) is 24.9 Å². The number of rotatable bonds is 4. The van der Waals surface area contributed by atoms with Gasteiger partial charge in [-0.25, -0.2) is 4.98 Å². The van der Waals surface area contributed by atoms with Crippen LogP contribution in [0.2, 0.25) is 0 Å². The molecule has 3 rings (SSSR count). The van der Waals surface area contributed by atoms with Gasteiger partial charge in [-0.15, -0.1) is 11.3 Å². The molecule has 0 aliphatic heterocycles. The van der Waals surface area contributed by atoms with E-state index in [1.165, 1.54) is 15.8 Å². The normalized spacial score (nSPS) is 12.8. The van der Waals surface area contributed by atoms with E-state index in [1.807, 2.05) is 6.07 Å². The van der Waals surface area contributed by atoms with Gasteiger partial charge in [0, 0.05) is 10.3 Å². The lowest BCUT2D eigenvalue weighted by Gasteiger charge is -2.23. The molecule has 0 amide bonds. The summed E-state index contributed by atoms with van der Waals surface area (Å²) in [6, 6.07) is 15.1. The van der Waals surface area contributed by atoms with Crippen LogP contribution in [0.15, 0.2) is 47.8 Å². The molecular formula is C18H20N2S. The molecule has 2 nitrogen and oxygen atoms in total. The molecule has 0 fully saturated rings. The summed E-state index contributed by atoms with van der Waals surface area (Å²) in [6.07, 6.45) is 0. The van der Waals surface area contributed by atoms with E-state index < -0.39 is 0 Å². The summed E-state index contributed by atoms with van der Waals surface area (Å²) in [5.41, 5.74) is 2.23. The van der Waals surface area contributed by atoms with E-state index in [0.29, 0.717) is 12.0 Å². The number of nitrogens with one attached hydrogen (secondary N) is 1. The van der Waals surface area contributed by atoms with E-state index in [-0.39, 0.29) is 0 Å². The fourth-order valence-electron chi connectivity index (χ4n) is 2.55. The highest BCUT2D eigenvalue weighted by Crippen LogP contribution is 2.31. The molecule has 0 saturated carbocycles. The predicted octanol–water partition coefficient (Wildman–Crippen LogP) is 5.41. The highest BCUT2D eigenvalue weighted by atomic mass is 32.1. The van der Waals surface area contributed by atoms with E-state index in [1.54, 1.807) is 11.3 Å². The molecule has 0 spiro atoms. The van der Waals surface area contributed by atoms with Crippen LogP contribution in [0.5, 0.6) is 0 Å². The summed E-state index contributed by atoms with van der Waals surface area (Å²) in [7, 11) is 0. The second-order valence-electron chi connectivity index (χ2n) is 5.73. The molecule has 0 aliphatic rings. The number of hydrogen-bond acceptors (Lipinski definition) is 3. The summed E-state index contributed by atoms with van der Waals surface area (Å²) in [4.78, 5) is 6.16. The molecule has 2 aromatic heterocycles. The third kappa shape index (κ3) is 2.93. The van der Waals surface area contributed by atoms with Gasteiger partial charge >= 0.3 is 0 Å². The smallest absolute Gasteiger partial charge is 0.130 e. The van der Waals surface area contributed by atoms with Gasteiger partial charge in [0.1, 0.15) is 5.82 Å². The lowest BCUT2D eigenvalue weighted by atomic mass is 10.0. The van der Waals surface area contributed by atoms with Gasteiger partial charge in [-0.2, -0.15) is 0 Å². The van der Waals surface area contributed by atoms with Crippen molar-refractivity contribution in [3.8, 4) is 0 Å². The first kappa shape index (κ1) is 14.1. The SMILES string of the molecule is Cc1cc2ccccc2nc1NC(c1cccs1)C(C)C. The second kappa shape index (κ2) is 5.86. The van der Waals surface area contributed by atoms with Gasteiger partial charge in [0.25, 0.3) is 0 Å². The lowest BCUT2D eigenvalue weighted by Crippen LogP contribution is -2.17. The number of hydrogen-bond donors (Lipinski definition) is 1. The largest absolute Gasteiger partial charge is 0.362 e. The molecular weight excluding hydrogens is 276 g/mol. The van der Waals surface area contributed by atoms with Gasteiger partial charge in [-0.05, 0) is 42.0 Å². The Bertz CT molecular complexity index is 732. The van der Waals surface area contributed by atoms with Crippen molar-refractivity contribution in [2.24, 2.45) is 5.92 Å². The van der Waals surface area contributed by atoms with Crippen LogP contribution < -0.4 is 5.32 Å². The Morgan fingerprint density at radius 3 is 2.62 bits per heavy atom. The minimum absolute atomic E-state index is 0.303. The van der Waals surface area contributed by atoms with Gasteiger partial charge in [0.15, 0.2) is 0 Å². The number of benzene rings is 1. The standard InChI is InChI=1S/C18H20N2S/c1-12(2)17(16-9-6-10-21-16)20-18-13(3)11-14-7-4-5-8-15(14)19-18/h4-12,17H,1-3H3,(H,19,20). The highest BCUT2D eigenvalue weighted by molar-refractivity contribution is 7.10. The predicted molar refractivity (Wildman–Crippen MR) is 92.0 cm³/mol. The molecule has 21 heavy (non-hydrogen) atoms. The number of anilines is 1. The minimum atomic E-state index is 0.303. The maximum atomic E-state index is 4.80. The van der Waals surface area contributed by atoms with Crippen molar-refractivity contribution in [3.05, 3.63) is 58.3 Å². The molecule has 1 atom stereocenters. The van der Waals surface area contributed by atoms with Crippen molar-refractivity contribution < 1.29 is 0 Å². The first-order chi connectivity index (χ1) is 10.1. The van der Waals surface area contributed by atoms with Gasteiger partial charge in [0.05, 0.1) is 11.6 Å². The first-order valence-electron chi connectivity index (χ1n) is 7.31. The average Bonchev–Trinajstić information content (AvgIpc) is 2.98. The quantitative estimate of drug-likeness (QED) is 0.696.